The van der Waals surface area contributed by atoms with Crippen LogP contribution in [0.1, 0.15) is 18.4 Å². The smallest absolute Gasteiger partial charge is 0.243 e. The van der Waals surface area contributed by atoms with Crippen LogP contribution >= 0.6 is 15.9 Å². The van der Waals surface area contributed by atoms with Gasteiger partial charge in [0.05, 0.1) is 4.90 Å². The Kier molecular flexibility index (Phi) is 5.80. The molecule has 2 aromatic carbocycles. The lowest BCUT2D eigenvalue weighted by molar-refractivity contribution is -0.126. The van der Waals surface area contributed by atoms with Crippen LogP contribution in [0.4, 0.5) is 0 Å². The fourth-order valence-corrected chi connectivity index (χ4v) is 5.23. The van der Waals surface area contributed by atoms with Crippen molar-refractivity contribution in [1.82, 2.24) is 9.62 Å². The molecule has 0 aliphatic carbocycles. The highest BCUT2D eigenvalue weighted by atomic mass is 79.9. The van der Waals surface area contributed by atoms with Crippen molar-refractivity contribution in [3.63, 3.8) is 0 Å². The zero-order valence-corrected chi connectivity index (χ0v) is 18.0. The van der Waals surface area contributed by atoms with Crippen molar-refractivity contribution < 1.29 is 22.7 Å². The highest BCUT2D eigenvalue weighted by Gasteiger charge is 2.32. The number of halogens is 1. The first-order chi connectivity index (χ1) is 13.9. The zero-order chi connectivity index (χ0) is 20.4. The SMILES string of the molecule is O=C(NCc1ccc2c(c1)OCO2)C1CCN(S(=O)(=O)c2ccc(Br)cc2)CC1. The van der Waals surface area contributed by atoms with E-state index in [1.807, 2.05) is 18.2 Å². The standard InChI is InChI=1S/C20H21BrN2O5S/c21-16-2-4-17(5-3-16)29(25,26)23-9-7-15(8-10-23)20(24)22-12-14-1-6-18-19(11-14)28-13-27-18/h1-6,11,15H,7-10,12-13H2,(H,22,24). The first-order valence-electron chi connectivity index (χ1n) is 9.35. The van der Waals surface area contributed by atoms with E-state index in [9.17, 15) is 13.2 Å². The third kappa shape index (κ3) is 4.41. The van der Waals surface area contributed by atoms with E-state index in [1.54, 1.807) is 24.3 Å². The second kappa shape index (κ2) is 8.33. The van der Waals surface area contributed by atoms with Gasteiger partial charge in [0, 0.05) is 30.0 Å². The minimum atomic E-state index is -3.53. The molecule has 0 atom stereocenters. The lowest BCUT2D eigenvalue weighted by Crippen LogP contribution is -2.42. The normalized spacial score (nSPS) is 17.3. The molecule has 7 nitrogen and oxygen atoms in total. The van der Waals surface area contributed by atoms with Crippen molar-refractivity contribution in [2.45, 2.75) is 24.3 Å². The number of sulfonamides is 1. The van der Waals surface area contributed by atoms with E-state index < -0.39 is 10.0 Å². The van der Waals surface area contributed by atoms with Crippen LogP contribution in [-0.2, 0) is 21.4 Å². The summed E-state index contributed by atoms with van der Waals surface area (Å²) in [5.74, 6) is 1.14. The van der Waals surface area contributed by atoms with Crippen molar-refractivity contribution in [3.8, 4) is 11.5 Å². The number of ether oxygens (including phenoxy) is 2. The quantitative estimate of drug-likeness (QED) is 0.710. The zero-order valence-electron chi connectivity index (χ0n) is 15.6. The second-order valence-electron chi connectivity index (χ2n) is 7.04. The van der Waals surface area contributed by atoms with Gasteiger partial charge in [-0.25, -0.2) is 8.42 Å². The molecule has 29 heavy (non-hydrogen) atoms. The summed E-state index contributed by atoms with van der Waals surface area (Å²) in [5.41, 5.74) is 0.929. The fraction of sp³-hybridized carbons (Fsp3) is 0.350. The Morgan fingerprint density at radius 1 is 1.07 bits per heavy atom. The van der Waals surface area contributed by atoms with Crippen LogP contribution in [0.25, 0.3) is 0 Å². The number of nitrogens with one attached hydrogen (secondary N) is 1. The van der Waals surface area contributed by atoms with Crippen LogP contribution in [0, 0.1) is 5.92 Å². The van der Waals surface area contributed by atoms with Gasteiger partial charge in [0.1, 0.15) is 0 Å². The van der Waals surface area contributed by atoms with E-state index in [2.05, 4.69) is 21.2 Å². The van der Waals surface area contributed by atoms with E-state index in [4.69, 9.17) is 9.47 Å². The molecule has 4 rings (SSSR count). The number of fused-ring (bicyclic) bond motifs is 1. The third-order valence-electron chi connectivity index (χ3n) is 5.18. The molecule has 0 bridgehead atoms. The average Bonchev–Trinajstić information content (AvgIpc) is 3.20. The molecular formula is C20H21BrN2O5S. The van der Waals surface area contributed by atoms with Crippen molar-refractivity contribution in [2.75, 3.05) is 19.9 Å². The minimum Gasteiger partial charge on any atom is -0.454 e. The Hall–Kier alpha value is -2.10. The van der Waals surface area contributed by atoms with Crippen LogP contribution < -0.4 is 14.8 Å². The number of amides is 1. The van der Waals surface area contributed by atoms with Crippen molar-refractivity contribution >= 4 is 31.9 Å². The maximum Gasteiger partial charge on any atom is 0.243 e. The number of hydrogen-bond donors (Lipinski definition) is 1. The molecule has 1 saturated heterocycles. The highest BCUT2D eigenvalue weighted by Crippen LogP contribution is 2.32. The molecule has 9 heteroatoms. The Morgan fingerprint density at radius 2 is 1.76 bits per heavy atom. The van der Waals surface area contributed by atoms with Gasteiger partial charge in [-0.05, 0) is 54.8 Å². The molecule has 1 amide bonds. The molecule has 2 heterocycles. The number of carbonyl (C=O) groups excluding carboxylic acids is 1. The Labute approximate surface area is 178 Å². The summed E-state index contributed by atoms with van der Waals surface area (Å²) < 4.78 is 38.5. The van der Waals surface area contributed by atoms with E-state index in [0.717, 1.165) is 10.0 Å². The monoisotopic (exact) mass is 480 g/mol. The summed E-state index contributed by atoms with van der Waals surface area (Å²) in [7, 11) is -3.53. The molecule has 0 radical (unpaired) electrons. The summed E-state index contributed by atoms with van der Waals surface area (Å²) in [6.07, 6.45) is 1.01. The first kappa shape index (κ1) is 20.2. The van der Waals surface area contributed by atoms with E-state index >= 15 is 0 Å². The van der Waals surface area contributed by atoms with Gasteiger partial charge in [-0.2, -0.15) is 4.31 Å². The lowest BCUT2D eigenvalue weighted by Gasteiger charge is -2.30. The maximum absolute atomic E-state index is 12.8. The summed E-state index contributed by atoms with van der Waals surface area (Å²) in [6, 6.07) is 12.2. The molecular weight excluding hydrogens is 460 g/mol. The van der Waals surface area contributed by atoms with Gasteiger partial charge < -0.3 is 14.8 Å². The molecule has 1 N–H and O–H groups in total. The van der Waals surface area contributed by atoms with Crippen molar-refractivity contribution in [1.29, 1.82) is 0 Å². The van der Waals surface area contributed by atoms with Crippen LogP contribution in [0.5, 0.6) is 11.5 Å². The largest absolute Gasteiger partial charge is 0.454 e. The van der Waals surface area contributed by atoms with Gasteiger partial charge in [-0.15, -0.1) is 0 Å². The molecule has 2 aromatic rings. The predicted molar refractivity (Wildman–Crippen MR) is 110 cm³/mol. The van der Waals surface area contributed by atoms with Gasteiger partial charge in [0.15, 0.2) is 11.5 Å². The minimum absolute atomic E-state index is 0.0524. The van der Waals surface area contributed by atoms with Gasteiger partial charge in [0.2, 0.25) is 22.7 Å². The highest BCUT2D eigenvalue weighted by molar-refractivity contribution is 9.10. The number of piperidine rings is 1. The molecule has 0 unspecified atom stereocenters. The lowest BCUT2D eigenvalue weighted by atomic mass is 9.97. The first-order valence-corrected chi connectivity index (χ1v) is 11.6. The van der Waals surface area contributed by atoms with Crippen LogP contribution in [-0.4, -0.2) is 38.5 Å². The summed E-state index contributed by atoms with van der Waals surface area (Å²) in [6.45, 7) is 1.28. The van der Waals surface area contributed by atoms with Crippen molar-refractivity contribution in [3.05, 3.63) is 52.5 Å². The molecule has 1 fully saturated rings. The second-order valence-corrected chi connectivity index (χ2v) is 9.89. The molecule has 154 valence electrons. The summed E-state index contributed by atoms with van der Waals surface area (Å²) in [5, 5.41) is 2.94. The maximum atomic E-state index is 12.8. The Balaban J connectivity index is 1.31. The number of benzene rings is 2. The van der Waals surface area contributed by atoms with Gasteiger partial charge >= 0.3 is 0 Å². The Morgan fingerprint density at radius 3 is 2.48 bits per heavy atom. The fourth-order valence-electron chi connectivity index (χ4n) is 3.50. The van der Waals surface area contributed by atoms with Crippen molar-refractivity contribution in [2.24, 2.45) is 5.92 Å². The average molecular weight is 481 g/mol. The number of hydrogen-bond acceptors (Lipinski definition) is 5. The summed E-state index contributed by atoms with van der Waals surface area (Å²) >= 11 is 3.31. The predicted octanol–water partition coefficient (Wildman–Crippen LogP) is 2.89. The molecule has 2 aliphatic rings. The van der Waals surface area contributed by atoms with Crippen LogP contribution in [0.2, 0.25) is 0 Å². The van der Waals surface area contributed by atoms with E-state index in [1.165, 1.54) is 4.31 Å². The van der Waals surface area contributed by atoms with E-state index in [0.29, 0.717) is 44.0 Å². The molecule has 0 spiro atoms. The van der Waals surface area contributed by atoms with Gasteiger partial charge in [-0.3, -0.25) is 4.79 Å². The number of rotatable bonds is 5. The third-order valence-corrected chi connectivity index (χ3v) is 7.62. The molecule has 2 aliphatic heterocycles. The van der Waals surface area contributed by atoms with Crippen LogP contribution in [0.15, 0.2) is 51.8 Å². The Bertz CT molecular complexity index is 1000. The number of carbonyl (C=O) groups is 1. The topological polar surface area (TPSA) is 84.9 Å². The van der Waals surface area contributed by atoms with Crippen LogP contribution in [0.3, 0.4) is 0 Å². The van der Waals surface area contributed by atoms with Gasteiger partial charge in [0.25, 0.3) is 0 Å². The van der Waals surface area contributed by atoms with E-state index in [-0.39, 0.29) is 23.5 Å². The molecule has 0 aromatic heterocycles. The number of nitrogens with zero attached hydrogens (tertiary/aromatic N) is 1. The summed E-state index contributed by atoms with van der Waals surface area (Å²) in [4.78, 5) is 12.8. The molecule has 0 saturated carbocycles. The van der Waals surface area contributed by atoms with Gasteiger partial charge in [-0.1, -0.05) is 22.0 Å².